The molecule has 0 unspecified atom stereocenters. The van der Waals surface area contributed by atoms with Gasteiger partial charge in [0.1, 0.15) is 11.3 Å². The van der Waals surface area contributed by atoms with E-state index in [0.29, 0.717) is 28.4 Å². The molecule has 0 saturated carbocycles. The van der Waals surface area contributed by atoms with Gasteiger partial charge < -0.3 is 24.1 Å². The van der Waals surface area contributed by atoms with Crippen molar-refractivity contribution in [1.82, 2.24) is 0 Å². The van der Waals surface area contributed by atoms with Gasteiger partial charge in [0.2, 0.25) is 0 Å². The minimum Gasteiger partial charge on any atom is -0.493 e. The molecule has 6 heteroatoms. The van der Waals surface area contributed by atoms with Crippen molar-refractivity contribution in [3.63, 3.8) is 0 Å². The molecule has 0 spiro atoms. The fraction of sp³-hybridized carbons (Fsp3) is 0.533. The van der Waals surface area contributed by atoms with Crippen LogP contribution in [0.5, 0.6) is 0 Å². The van der Waals surface area contributed by atoms with Crippen LogP contribution in [-0.2, 0) is 9.47 Å². The van der Waals surface area contributed by atoms with Crippen LogP contribution in [0.2, 0.25) is 0 Å². The van der Waals surface area contributed by atoms with E-state index in [4.69, 9.17) is 19.0 Å². The summed E-state index contributed by atoms with van der Waals surface area (Å²) in [4.78, 5) is 11.8. The first kappa shape index (κ1) is 17.3. The van der Waals surface area contributed by atoms with Crippen molar-refractivity contribution in [2.45, 2.75) is 33.3 Å². The molecular weight excluding hydrogens is 276 g/mol. The van der Waals surface area contributed by atoms with Gasteiger partial charge in [-0.2, -0.15) is 0 Å². The van der Waals surface area contributed by atoms with Gasteiger partial charge in [0.15, 0.2) is 11.5 Å². The third kappa shape index (κ3) is 4.34. The lowest BCUT2D eigenvalue weighted by Gasteiger charge is -2.11. The second-order valence-electron chi connectivity index (χ2n) is 4.66. The van der Waals surface area contributed by atoms with Gasteiger partial charge in [0.25, 0.3) is 0 Å². The lowest BCUT2D eigenvalue weighted by atomic mass is 10.1. The van der Waals surface area contributed by atoms with Crippen molar-refractivity contribution >= 4 is 11.7 Å². The van der Waals surface area contributed by atoms with Gasteiger partial charge in [-0.25, -0.2) is 4.79 Å². The number of aliphatic hydroxyl groups excluding tert-OH is 2. The Bertz CT molecular complexity index is 514. The van der Waals surface area contributed by atoms with E-state index in [1.807, 2.05) is 0 Å². The van der Waals surface area contributed by atoms with Crippen molar-refractivity contribution in [2.24, 2.45) is 0 Å². The summed E-state index contributed by atoms with van der Waals surface area (Å²) < 4.78 is 15.8. The second kappa shape index (κ2) is 7.85. The smallest absolute Gasteiger partial charge is 0.341 e. The molecule has 0 aromatic carbocycles. The van der Waals surface area contributed by atoms with E-state index in [1.54, 1.807) is 26.8 Å². The summed E-state index contributed by atoms with van der Waals surface area (Å²) in [5.41, 5.74) is 1.06. The highest BCUT2D eigenvalue weighted by atomic mass is 16.5. The maximum absolute atomic E-state index is 11.8. The van der Waals surface area contributed by atoms with E-state index >= 15 is 0 Å². The van der Waals surface area contributed by atoms with Crippen LogP contribution in [0.25, 0.3) is 5.76 Å². The maximum atomic E-state index is 11.8. The van der Waals surface area contributed by atoms with E-state index in [1.165, 1.54) is 7.11 Å². The van der Waals surface area contributed by atoms with Crippen LogP contribution >= 0.6 is 0 Å². The molecule has 0 amide bonds. The number of hydrogen-bond acceptors (Lipinski definition) is 6. The SMILES string of the molecule is CCOC(=O)c1cc(C(OC)=C(C)C[C@H](O)CO)oc1C. The summed E-state index contributed by atoms with van der Waals surface area (Å²) in [5, 5.41) is 18.4. The molecule has 21 heavy (non-hydrogen) atoms. The fourth-order valence-electron chi connectivity index (χ4n) is 2.00. The molecule has 1 rings (SSSR count). The van der Waals surface area contributed by atoms with Crippen molar-refractivity contribution < 1.29 is 28.9 Å². The first-order valence-electron chi connectivity index (χ1n) is 6.75. The number of methoxy groups -OCH3 is 1. The molecule has 0 radical (unpaired) electrons. The van der Waals surface area contributed by atoms with Gasteiger partial charge in [0.05, 0.1) is 26.4 Å². The lowest BCUT2D eigenvalue weighted by Crippen LogP contribution is -2.12. The van der Waals surface area contributed by atoms with Gasteiger partial charge in [-0.15, -0.1) is 0 Å². The average molecular weight is 298 g/mol. The van der Waals surface area contributed by atoms with Crippen molar-refractivity contribution in [3.8, 4) is 0 Å². The zero-order valence-corrected chi connectivity index (χ0v) is 12.8. The van der Waals surface area contributed by atoms with Crippen molar-refractivity contribution in [1.29, 1.82) is 0 Å². The number of carbonyl (C=O) groups is 1. The Balaban J connectivity index is 3.10. The van der Waals surface area contributed by atoms with E-state index in [-0.39, 0.29) is 19.6 Å². The highest BCUT2D eigenvalue weighted by molar-refractivity contribution is 5.91. The molecule has 1 aromatic heterocycles. The Hall–Kier alpha value is -1.79. The largest absolute Gasteiger partial charge is 0.493 e. The normalized spacial score (nSPS) is 13.6. The number of ether oxygens (including phenoxy) is 2. The topological polar surface area (TPSA) is 89.1 Å². The first-order chi connectivity index (χ1) is 9.94. The van der Waals surface area contributed by atoms with E-state index < -0.39 is 12.1 Å². The predicted octanol–water partition coefficient (Wildman–Crippen LogP) is 1.89. The molecular formula is C15H22O6. The van der Waals surface area contributed by atoms with Crippen LogP contribution in [-0.4, -0.2) is 42.6 Å². The van der Waals surface area contributed by atoms with Gasteiger partial charge in [-0.1, -0.05) is 0 Å². The lowest BCUT2D eigenvalue weighted by molar-refractivity contribution is 0.0524. The molecule has 0 fully saturated rings. The van der Waals surface area contributed by atoms with Crippen LogP contribution in [0.4, 0.5) is 0 Å². The predicted molar refractivity (Wildman–Crippen MR) is 76.7 cm³/mol. The molecule has 118 valence electrons. The minimum absolute atomic E-state index is 0.244. The monoisotopic (exact) mass is 298 g/mol. The number of aryl methyl sites for hydroxylation is 1. The number of hydrogen-bond donors (Lipinski definition) is 2. The van der Waals surface area contributed by atoms with Crippen LogP contribution in [0.15, 0.2) is 16.1 Å². The van der Waals surface area contributed by atoms with Crippen LogP contribution in [0.3, 0.4) is 0 Å². The van der Waals surface area contributed by atoms with Gasteiger partial charge in [-0.3, -0.25) is 0 Å². The molecule has 1 heterocycles. The summed E-state index contributed by atoms with van der Waals surface area (Å²) >= 11 is 0. The number of esters is 1. The quantitative estimate of drug-likeness (QED) is 0.590. The second-order valence-corrected chi connectivity index (χ2v) is 4.66. The average Bonchev–Trinajstić information content (AvgIpc) is 2.81. The molecule has 2 N–H and O–H groups in total. The Morgan fingerprint density at radius 1 is 1.48 bits per heavy atom. The number of carbonyl (C=O) groups excluding carboxylic acids is 1. The zero-order valence-electron chi connectivity index (χ0n) is 12.8. The molecule has 0 saturated heterocycles. The fourth-order valence-corrected chi connectivity index (χ4v) is 2.00. The third-order valence-corrected chi connectivity index (χ3v) is 2.98. The summed E-state index contributed by atoms with van der Waals surface area (Å²) in [7, 11) is 1.48. The van der Waals surface area contributed by atoms with Crippen LogP contribution in [0.1, 0.15) is 42.1 Å². The maximum Gasteiger partial charge on any atom is 0.341 e. The Morgan fingerprint density at radius 2 is 2.14 bits per heavy atom. The Kier molecular flexibility index (Phi) is 6.45. The van der Waals surface area contributed by atoms with Crippen LogP contribution < -0.4 is 0 Å². The standard InChI is InChI=1S/C15H22O6/c1-5-20-15(18)12-7-13(21-10(12)3)14(19-4)9(2)6-11(17)8-16/h7,11,16-17H,5-6,8H2,1-4H3/t11-/m0/s1. The first-order valence-corrected chi connectivity index (χ1v) is 6.75. The molecule has 0 aliphatic carbocycles. The molecule has 0 bridgehead atoms. The summed E-state index contributed by atoms with van der Waals surface area (Å²) in [6.45, 7) is 5.11. The highest BCUT2D eigenvalue weighted by Gasteiger charge is 2.20. The van der Waals surface area contributed by atoms with Crippen molar-refractivity contribution in [2.75, 3.05) is 20.3 Å². The summed E-state index contributed by atoms with van der Waals surface area (Å²) in [5.74, 6) is 0.809. The van der Waals surface area contributed by atoms with Gasteiger partial charge in [-0.05, 0) is 26.3 Å². The summed E-state index contributed by atoms with van der Waals surface area (Å²) in [6, 6.07) is 1.56. The Labute approximate surface area is 124 Å². The molecule has 1 atom stereocenters. The third-order valence-electron chi connectivity index (χ3n) is 2.98. The zero-order chi connectivity index (χ0) is 16.0. The number of aliphatic hydroxyl groups is 2. The molecule has 1 aromatic rings. The number of rotatable bonds is 7. The van der Waals surface area contributed by atoms with Gasteiger partial charge >= 0.3 is 5.97 Å². The van der Waals surface area contributed by atoms with Gasteiger partial charge in [0, 0.05) is 12.5 Å². The Morgan fingerprint density at radius 3 is 2.67 bits per heavy atom. The van der Waals surface area contributed by atoms with Crippen molar-refractivity contribution in [3.05, 3.63) is 28.7 Å². The molecule has 0 aliphatic rings. The molecule has 6 nitrogen and oxygen atoms in total. The summed E-state index contributed by atoms with van der Waals surface area (Å²) in [6.07, 6.45) is -0.621. The van der Waals surface area contributed by atoms with E-state index in [2.05, 4.69) is 0 Å². The van der Waals surface area contributed by atoms with E-state index in [0.717, 1.165) is 0 Å². The number of furan rings is 1. The van der Waals surface area contributed by atoms with E-state index in [9.17, 15) is 9.90 Å². The highest BCUT2D eigenvalue weighted by Crippen LogP contribution is 2.27. The molecule has 0 aliphatic heterocycles. The van der Waals surface area contributed by atoms with Crippen LogP contribution in [0, 0.1) is 6.92 Å². The minimum atomic E-state index is -0.865.